The molecular weight excluding hydrogens is 480 g/mol. The van der Waals surface area contributed by atoms with Crippen molar-refractivity contribution in [3.05, 3.63) is 53.6 Å². The van der Waals surface area contributed by atoms with E-state index in [4.69, 9.17) is 10.00 Å². The number of imidazole rings is 1. The lowest BCUT2D eigenvalue weighted by atomic mass is 9.98. The lowest BCUT2D eigenvalue weighted by molar-refractivity contribution is 0.0527. The molecule has 1 amide bonds. The number of carbonyl (C=O) groups excluding carboxylic acids is 1. The van der Waals surface area contributed by atoms with Crippen molar-refractivity contribution in [1.29, 1.82) is 5.26 Å². The SMILES string of the molecule is CCNCc1cncc(-c2ccc3[nH]nc(-c4ncc(C(=O)N(CCC#N)CC5CCCO5)[nH]4)c3c2)c1C. The number of aromatic nitrogens is 5. The number of H-pyrrole nitrogens is 2. The van der Waals surface area contributed by atoms with E-state index < -0.39 is 0 Å². The number of amides is 1. The van der Waals surface area contributed by atoms with Crippen LogP contribution in [0.5, 0.6) is 0 Å². The summed E-state index contributed by atoms with van der Waals surface area (Å²) in [6.45, 7) is 7.38. The van der Waals surface area contributed by atoms with Crippen LogP contribution >= 0.6 is 0 Å². The van der Waals surface area contributed by atoms with Crippen LogP contribution < -0.4 is 5.32 Å². The number of hydrogen-bond acceptors (Lipinski definition) is 7. The molecule has 1 unspecified atom stereocenters. The molecule has 5 rings (SSSR count). The van der Waals surface area contributed by atoms with E-state index in [0.29, 0.717) is 36.9 Å². The van der Waals surface area contributed by atoms with E-state index in [0.717, 1.165) is 53.5 Å². The number of aromatic amines is 2. The molecule has 1 aliphatic heterocycles. The summed E-state index contributed by atoms with van der Waals surface area (Å²) in [5.74, 6) is 0.305. The third kappa shape index (κ3) is 5.30. The summed E-state index contributed by atoms with van der Waals surface area (Å²) in [6, 6.07) is 8.26. The highest BCUT2D eigenvalue weighted by Gasteiger charge is 2.25. The van der Waals surface area contributed by atoms with Gasteiger partial charge in [-0.2, -0.15) is 10.4 Å². The second-order valence-corrected chi connectivity index (χ2v) is 9.52. The third-order valence-electron chi connectivity index (χ3n) is 7.02. The molecule has 0 radical (unpaired) electrons. The van der Waals surface area contributed by atoms with Crippen LogP contribution in [-0.2, 0) is 11.3 Å². The summed E-state index contributed by atoms with van der Waals surface area (Å²) in [5, 5.41) is 20.9. The van der Waals surface area contributed by atoms with Gasteiger partial charge in [0, 0.05) is 49.6 Å². The van der Waals surface area contributed by atoms with Gasteiger partial charge in [-0.25, -0.2) is 4.98 Å². The van der Waals surface area contributed by atoms with Crippen molar-refractivity contribution in [2.75, 3.05) is 26.2 Å². The molecule has 0 bridgehead atoms. The van der Waals surface area contributed by atoms with Crippen molar-refractivity contribution in [2.45, 2.75) is 45.8 Å². The topological polar surface area (TPSA) is 136 Å². The average Bonchev–Trinajstić information content (AvgIpc) is 3.71. The summed E-state index contributed by atoms with van der Waals surface area (Å²) < 4.78 is 5.72. The van der Waals surface area contributed by atoms with Crippen molar-refractivity contribution in [2.24, 2.45) is 0 Å². The van der Waals surface area contributed by atoms with Gasteiger partial charge in [0.05, 0.1) is 30.3 Å². The molecule has 38 heavy (non-hydrogen) atoms. The Morgan fingerprint density at radius 1 is 1.32 bits per heavy atom. The summed E-state index contributed by atoms with van der Waals surface area (Å²) in [5.41, 5.74) is 6.31. The van der Waals surface area contributed by atoms with Crippen LogP contribution in [0.4, 0.5) is 0 Å². The Kier molecular flexibility index (Phi) is 7.77. The molecular formula is C28H32N8O2. The van der Waals surface area contributed by atoms with Gasteiger partial charge < -0.3 is 19.9 Å². The fraction of sp³-hybridized carbons (Fsp3) is 0.393. The van der Waals surface area contributed by atoms with E-state index in [1.165, 1.54) is 11.8 Å². The molecule has 196 valence electrons. The number of benzene rings is 1. The van der Waals surface area contributed by atoms with E-state index in [-0.39, 0.29) is 18.4 Å². The van der Waals surface area contributed by atoms with Gasteiger partial charge in [0.15, 0.2) is 5.82 Å². The first-order valence-electron chi connectivity index (χ1n) is 13.0. The largest absolute Gasteiger partial charge is 0.376 e. The van der Waals surface area contributed by atoms with E-state index >= 15 is 0 Å². The maximum absolute atomic E-state index is 13.3. The lowest BCUT2D eigenvalue weighted by Gasteiger charge is -2.24. The first kappa shape index (κ1) is 25.6. The van der Waals surface area contributed by atoms with Gasteiger partial charge in [-0.3, -0.25) is 14.9 Å². The first-order valence-corrected chi connectivity index (χ1v) is 13.0. The Hall–Kier alpha value is -4.07. The quantitative estimate of drug-likeness (QED) is 0.293. The molecule has 4 aromatic rings. The average molecular weight is 513 g/mol. The van der Waals surface area contributed by atoms with Gasteiger partial charge in [0.25, 0.3) is 5.91 Å². The minimum atomic E-state index is -0.200. The Balaban J connectivity index is 1.43. The number of nitriles is 1. The minimum Gasteiger partial charge on any atom is -0.376 e. The zero-order chi connectivity index (χ0) is 26.5. The van der Waals surface area contributed by atoms with Gasteiger partial charge in [-0.1, -0.05) is 13.0 Å². The Morgan fingerprint density at radius 2 is 2.21 bits per heavy atom. The number of fused-ring (bicyclic) bond motifs is 1. The lowest BCUT2D eigenvalue weighted by Crippen LogP contribution is -2.38. The van der Waals surface area contributed by atoms with Gasteiger partial charge in [-0.05, 0) is 55.1 Å². The van der Waals surface area contributed by atoms with Gasteiger partial charge in [0.2, 0.25) is 0 Å². The van der Waals surface area contributed by atoms with Crippen LogP contribution in [0, 0.1) is 18.3 Å². The molecule has 1 fully saturated rings. The summed E-state index contributed by atoms with van der Waals surface area (Å²) in [6.07, 6.45) is 7.50. The van der Waals surface area contributed by atoms with E-state index in [1.807, 2.05) is 18.5 Å². The van der Waals surface area contributed by atoms with Crippen molar-refractivity contribution in [1.82, 2.24) is 35.4 Å². The molecule has 1 aliphatic rings. The molecule has 3 N–H and O–H groups in total. The molecule has 1 saturated heterocycles. The predicted octanol–water partition coefficient (Wildman–Crippen LogP) is 3.97. The second-order valence-electron chi connectivity index (χ2n) is 9.52. The molecule has 1 aromatic carbocycles. The van der Waals surface area contributed by atoms with E-state index in [1.54, 1.807) is 4.90 Å². The minimum absolute atomic E-state index is 0.00272. The van der Waals surface area contributed by atoms with Crippen LogP contribution in [0.25, 0.3) is 33.5 Å². The molecule has 0 spiro atoms. The first-order chi connectivity index (χ1) is 18.6. The molecule has 4 heterocycles. The Morgan fingerprint density at radius 3 is 3.00 bits per heavy atom. The Bertz CT molecular complexity index is 1460. The molecule has 0 saturated carbocycles. The summed E-state index contributed by atoms with van der Waals surface area (Å²) >= 11 is 0. The molecule has 10 heteroatoms. The monoisotopic (exact) mass is 512 g/mol. The van der Waals surface area contributed by atoms with Crippen molar-refractivity contribution in [3.63, 3.8) is 0 Å². The number of ether oxygens (including phenoxy) is 1. The van der Waals surface area contributed by atoms with Gasteiger partial charge >= 0.3 is 0 Å². The van der Waals surface area contributed by atoms with Crippen molar-refractivity contribution >= 4 is 16.8 Å². The third-order valence-corrected chi connectivity index (χ3v) is 7.02. The zero-order valence-corrected chi connectivity index (χ0v) is 21.8. The van der Waals surface area contributed by atoms with E-state index in [2.05, 4.69) is 62.5 Å². The van der Waals surface area contributed by atoms with E-state index in [9.17, 15) is 4.79 Å². The fourth-order valence-corrected chi connectivity index (χ4v) is 4.87. The highest BCUT2D eigenvalue weighted by Crippen LogP contribution is 2.31. The second kappa shape index (κ2) is 11.5. The fourth-order valence-electron chi connectivity index (χ4n) is 4.87. The van der Waals surface area contributed by atoms with Crippen LogP contribution in [-0.4, -0.2) is 68.3 Å². The maximum Gasteiger partial charge on any atom is 0.272 e. The van der Waals surface area contributed by atoms with Crippen LogP contribution in [0.2, 0.25) is 0 Å². The molecule has 10 nitrogen and oxygen atoms in total. The standard InChI is InChI=1S/C28H32N8O2/c1-3-30-13-20-14-31-15-23(18(20)2)19-7-8-24-22(12-19)26(35-34-24)27-32-16-25(33-27)28(37)36(10-5-9-29)17-21-6-4-11-38-21/h7-8,12,14-16,21,30H,3-6,10-11,13,17H2,1-2H3,(H,32,33)(H,34,35). The number of nitrogens with zero attached hydrogens (tertiary/aromatic N) is 5. The number of carbonyl (C=O) groups is 1. The highest BCUT2D eigenvalue weighted by atomic mass is 16.5. The van der Waals surface area contributed by atoms with Crippen molar-refractivity contribution < 1.29 is 9.53 Å². The highest BCUT2D eigenvalue weighted by molar-refractivity contribution is 5.96. The van der Waals surface area contributed by atoms with Gasteiger partial charge in [0.1, 0.15) is 11.4 Å². The molecule has 1 atom stereocenters. The summed E-state index contributed by atoms with van der Waals surface area (Å²) in [4.78, 5) is 27.1. The predicted molar refractivity (Wildman–Crippen MR) is 144 cm³/mol. The number of pyridine rings is 1. The molecule has 3 aromatic heterocycles. The molecule has 0 aliphatic carbocycles. The maximum atomic E-state index is 13.3. The zero-order valence-electron chi connectivity index (χ0n) is 21.8. The Labute approximate surface area is 221 Å². The smallest absolute Gasteiger partial charge is 0.272 e. The van der Waals surface area contributed by atoms with Gasteiger partial charge in [-0.15, -0.1) is 0 Å². The number of nitrogens with one attached hydrogen (secondary N) is 3. The summed E-state index contributed by atoms with van der Waals surface area (Å²) in [7, 11) is 0. The van der Waals surface area contributed by atoms with Crippen LogP contribution in [0.1, 0.15) is 47.8 Å². The number of rotatable bonds is 10. The number of hydrogen-bond donors (Lipinski definition) is 3. The normalized spacial score (nSPS) is 15.1. The van der Waals surface area contributed by atoms with Crippen LogP contribution in [0.3, 0.4) is 0 Å². The van der Waals surface area contributed by atoms with Crippen LogP contribution in [0.15, 0.2) is 36.8 Å². The van der Waals surface area contributed by atoms with Crippen molar-refractivity contribution in [3.8, 4) is 28.7 Å².